The van der Waals surface area contributed by atoms with Gasteiger partial charge in [-0.05, 0) is 84.1 Å². The average Bonchev–Trinajstić information content (AvgIpc) is 3.88. The second-order valence-electron chi connectivity index (χ2n) is 13.3. The van der Waals surface area contributed by atoms with Gasteiger partial charge in [0, 0.05) is 55.9 Å². The van der Waals surface area contributed by atoms with Crippen molar-refractivity contribution in [3.8, 4) is 22.5 Å². The van der Waals surface area contributed by atoms with Gasteiger partial charge in [0.1, 0.15) is 0 Å². The first-order valence-corrected chi connectivity index (χ1v) is 16.9. The van der Waals surface area contributed by atoms with Gasteiger partial charge in [0.05, 0.1) is 22.1 Å². The highest BCUT2D eigenvalue weighted by atomic mass is 15.2. The Balaban J connectivity index is 1.05. The van der Waals surface area contributed by atoms with E-state index in [1.807, 2.05) is 0 Å². The molecule has 226 valence electrons. The molecule has 3 heteroatoms. The maximum absolute atomic E-state index is 2.62. The Morgan fingerprint density at radius 1 is 0.417 bits per heavy atom. The molecule has 0 amide bonds. The van der Waals surface area contributed by atoms with Crippen LogP contribution in [0.4, 0.5) is 11.4 Å². The van der Waals surface area contributed by atoms with Crippen molar-refractivity contribution in [1.82, 2.24) is 9.13 Å². The molecule has 2 aliphatic rings. The van der Waals surface area contributed by atoms with Crippen LogP contribution in [-0.4, -0.2) is 15.2 Å². The molecule has 0 fully saturated rings. The zero-order chi connectivity index (χ0) is 31.3. The van der Waals surface area contributed by atoms with Gasteiger partial charge in [-0.1, -0.05) is 103 Å². The monoisotopic (exact) mass is 613 g/mol. The first kappa shape index (κ1) is 26.1. The van der Waals surface area contributed by atoms with E-state index in [4.69, 9.17) is 0 Å². The molecule has 2 aliphatic heterocycles. The van der Waals surface area contributed by atoms with Gasteiger partial charge in [-0.25, -0.2) is 0 Å². The van der Waals surface area contributed by atoms with Crippen LogP contribution in [-0.2, 0) is 12.8 Å². The summed E-state index contributed by atoms with van der Waals surface area (Å²) in [4.78, 5) is 2.62. The van der Waals surface area contributed by atoms with E-state index in [0.29, 0.717) is 6.04 Å². The highest BCUT2D eigenvalue weighted by Crippen LogP contribution is 2.49. The molecule has 7 aromatic carbocycles. The summed E-state index contributed by atoms with van der Waals surface area (Å²) in [6.45, 7) is 0. The molecule has 1 unspecified atom stereocenters. The number of para-hydroxylation sites is 5. The Labute approximate surface area is 278 Å². The number of hydrogen-bond donors (Lipinski definition) is 0. The fraction of sp³-hybridized carbons (Fsp3) is 0.0667. The molecule has 48 heavy (non-hydrogen) atoms. The number of aromatic nitrogens is 2. The first-order valence-electron chi connectivity index (χ1n) is 16.9. The van der Waals surface area contributed by atoms with Crippen molar-refractivity contribution >= 4 is 55.0 Å². The number of nitrogens with zero attached hydrogens (tertiary/aromatic N) is 3. The standard InChI is InChI=1S/C45H31N3/c1-2-11-32(12-3-1)48-43-20-9-6-15-38(43)39-17-10-16-35(45(39)48)29-22-24-40-31(25-29)27-34-26-30-21-23-33(28-44(30)47(34)40)46-41-18-7-4-13-36(41)37-14-5-8-19-42(37)46/h1-25,28,34H,26-27H2. The van der Waals surface area contributed by atoms with Crippen LogP contribution >= 0.6 is 0 Å². The Hall–Kier alpha value is -6.06. The van der Waals surface area contributed by atoms with Gasteiger partial charge in [0.15, 0.2) is 0 Å². The second-order valence-corrected chi connectivity index (χ2v) is 13.3. The lowest BCUT2D eigenvalue weighted by atomic mass is 9.97. The largest absolute Gasteiger partial charge is 0.337 e. The van der Waals surface area contributed by atoms with Gasteiger partial charge in [-0.3, -0.25) is 0 Å². The van der Waals surface area contributed by atoms with Crippen LogP contribution in [0.1, 0.15) is 11.1 Å². The van der Waals surface area contributed by atoms with E-state index in [1.165, 1.54) is 88.6 Å². The minimum absolute atomic E-state index is 0.449. The molecule has 0 bridgehead atoms. The molecule has 9 aromatic rings. The highest BCUT2D eigenvalue weighted by Gasteiger charge is 2.37. The number of benzene rings is 7. The van der Waals surface area contributed by atoms with E-state index in [0.717, 1.165) is 12.8 Å². The van der Waals surface area contributed by atoms with Gasteiger partial charge in [0.25, 0.3) is 0 Å². The van der Waals surface area contributed by atoms with E-state index in [1.54, 1.807) is 0 Å². The van der Waals surface area contributed by atoms with Crippen molar-refractivity contribution in [1.29, 1.82) is 0 Å². The lowest BCUT2D eigenvalue weighted by Gasteiger charge is -2.22. The highest BCUT2D eigenvalue weighted by molar-refractivity contribution is 6.14. The summed E-state index contributed by atoms with van der Waals surface area (Å²) in [5, 5.41) is 5.17. The van der Waals surface area contributed by atoms with Crippen LogP contribution in [0.5, 0.6) is 0 Å². The van der Waals surface area contributed by atoms with E-state index in [9.17, 15) is 0 Å². The third kappa shape index (κ3) is 3.53. The summed E-state index contributed by atoms with van der Waals surface area (Å²) in [6, 6.07) is 58.7. The minimum Gasteiger partial charge on any atom is -0.337 e. The predicted octanol–water partition coefficient (Wildman–Crippen LogP) is 11.2. The first-order chi connectivity index (χ1) is 23.8. The molecule has 1 atom stereocenters. The molecule has 0 radical (unpaired) electrons. The summed E-state index contributed by atoms with van der Waals surface area (Å²) in [5.74, 6) is 0. The average molecular weight is 614 g/mol. The van der Waals surface area contributed by atoms with Crippen molar-refractivity contribution in [2.24, 2.45) is 0 Å². The van der Waals surface area contributed by atoms with Gasteiger partial charge >= 0.3 is 0 Å². The fourth-order valence-electron chi connectivity index (χ4n) is 8.82. The predicted molar refractivity (Wildman–Crippen MR) is 200 cm³/mol. The third-order valence-corrected chi connectivity index (χ3v) is 10.8. The molecule has 4 heterocycles. The maximum atomic E-state index is 2.62. The summed E-state index contributed by atoms with van der Waals surface area (Å²) in [5.41, 5.74) is 15.5. The zero-order valence-corrected chi connectivity index (χ0v) is 26.3. The van der Waals surface area contributed by atoms with E-state index >= 15 is 0 Å². The summed E-state index contributed by atoms with van der Waals surface area (Å²) >= 11 is 0. The van der Waals surface area contributed by atoms with Crippen molar-refractivity contribution < 1.29 is 0 Å². The fourth-order valence-corrected chi connectivity index (χ4v) is 8.82. The van der Waals surface area contributed by atoms with Crippen LogP contribution in [0.15, 0.2) is 158 Å². The number of fused-ring (bicyclic) bond motifs is 11. The molecule has 0 N–H and O–H groups in total. The number of hydrogen-bond acceptors (Lipinski definition) is 1. The Bertz CT molecular complexity index is 2690. The topological polar surface area (TPSA) is 13.1 Å². The van der Waals surface area contributed by atoms with Crippen LogP contribution in [0, 0.1) is 0 Å². The van der Waals surface area contributed by atoms with Crippen molar-refractivity contribution in [3.05, 3.63) is 169 Å². The van der Waals surface area contributed by atoms with E-state index < -0.39 is 0 Å². The second kappa shape index (κ2) is 9.73. The molecule has 11 rings (SSSR count). The number of rotatable bonds is 3. The summed E-state index contributed by atoms with van der Waals surface area (Å²) < 4.78 is 4.88. The Morgan fingerprint density at radius 2 is 1.04 bits per heavy atom. The zero-order valence-electron chi connectivity index (χ0n) is 26.3. The van der Waals surface area contributed by atoms with Crippen molar-refractivity contribution in [2.75, 3.05) is 4.90 Å². The molecular formula is C45H31N3. The molecular weight excluding hydrogens is 583 g/mol. The summed E-state index contributed by atoms with van der Waals surface area (Å²) in [6.07, 6.45) is 2.13. The normalized spacial score (nSPS) is 15.1. The van der Waals surface area contributed by atoms with E-state index in [-0.39, 0.29) is 0 Å². The third-order valence-electron chi connectivity index (χ3n) is 10.8. The molecule has 3 nitrogen and oxygen atoms in total. The number of anilines is 2. The lowest BCUT2D eigenvalue weighted by Crippen LogP contribution is -2.22. The Morgan fingerprint density at radius 3 is 1.79 bits per heavy atom. The molecule has 2 aromatic heterocycles. The molecule has 0 spiro atoms. The van der Waals surface area contributed by atoms with Gasteiger partial charge in [0.2, 0.25) is 0 Å². The molecule has 0 saturated heterocycles. The van der Waals surface area contributed by atoms with Gasteiger partial charge < -0.3 is 14.0 Å². The smallest absolute Gasteiger partial charge is 0.0619 e. The van der Waals surface area contributed by atoms with Crippen LogP contribution < -0.4 is 4.90 Å². The van der Waals surface area contributed by atoms with Crippen LogP contribution in [0.2, 0.25) is 0 Å². The lowest BCUT2D eigenvalue weighted by molar-refractivity contribution is 0.725. The maximum Gasteiger partial charge on any atom is 0.0619 e. The van der Waals surface area contributed by atoms with Crippen LogP contribution in [0.3, 0.4) is 0 Å². The summed E-state index contributed by atoms with van der Waals surface area (Å²) in [7, 11) is 0. The Kier molecular flexibility index (Phi) is 5.28. The SMILES string of the molecule is c1ccc(-n2c3ccccc3c3cccc(-c4ccc5c(c4)CC4Cc6ccc(-n7c8ccccc8c8ccccc87)cc6N54)c32)cc1. The van der Waals surface area contributed by atoms with E-state index in [2.05, 4.69) is 172 Å². The van der Waals surface area contributed by atoms with Crippen LogP contribution in [0.25, 0.3) is 66.1 Å². The van der Waals surface area contributed by atoms with Crippen molar-refractivity contribution in [3.63, 3.8) is 0 Å². The van der Waals surface area contributed by atoms with Crippen molar-refractivity contribution in [2.45, 2.75) is 18.9 Å². The van der Waals surface area contributed by atoms with Gasteiger partial charge in [-0.15, -0.1) is 0 Å². The minimum atomic E-state index is 0.449. The molecule has 0 aliphatic carbocycles. The van der Waals surface area contributed by atoms with Gasteiger partial charge in [-0.2, -0.15) is 0 Å². The molecule has 0 saturated carbocycles. The quantitative estimate of drug-likeness (QED) is 0.193.